The number of carbonyl (C=O) groups is 1. The SMILES string of the molecule is COCC(O)CN(C)Cc1cccc(C(=O)N(C)C)c1. The van der Waals surface area contributed by atoms with E-state index in [1.165, 1.54) is 0 Å². The molecule has 1 atom stereocenters. The van der Waals surface area contributed by atoms with Crippen LogP contribution in [0.3, 0.4) is 0 Å². The number of benzene rings is 1. The summed E-state index contributed by atoms with van der Waals surface area (Å²) in [6.45, 7) is 1.53. The van der Waals surface area contributed by atoms with Gasteiger partial charge in [-0.15, -0.1) is 0 Å². The van der Waals surface area contributed by atoms with Crippen LogP contribution in [-0.2, 0) is 11.3 Å². The van der Waals surface area contributed by atoms with E-state index in [-0.39, 0.29) is 5.91 Å². The molecule has 1 aromatic rings. The molecule has 0 saturated heterocycles. The van der Waals surface area contributed by atoms with Gasteiger partial charge in [0.1, 0.15) is 0 Å². The molecule has 1 amide bonds. The fourth-order valence-electron chi connectivity index (χ4n) is 2.04. The summed E-state index contributed by atoms with van der Waals surface area (Å²) in [5, 5.41) is 9.69. The Labute approximate surface area is 120 Å². The third-order valence-electron chi connectivity index (χ3n) is 2.91. The minimum Gasteiger partial charge on any atom is -0.389 e. The van der Waals surface area contributed by atoms with Crippen LogP contribution in [0.5, 0.6) is 0 Å². The van der Waals surface area contributed by atoms with Crippen molar-refractivity contribution in [1.82, 2.24) is 9.80 Å². The van der Waals surface area contributed by atoms with E-state index in [1.807, 2.05) is 36.2 Å². The molecule has 20 heavy (non-hydrogen) atoms. The van der Waals surface area contributed by atoms with E-state index in [9.17, 15) is 9.90 Å². The Kier molecular flexibility index (Phi) is 6.64. The number of carbonyl (C=O) groups excluding carboxylic acids is 1. The highest BCUT2D eigenvalue weighted by atomic mass is 16.5. The van der Waals surface area contributed by atoms with E-state index in [0.29, 0.717) is 25.3 Å². The van der Waals surface area contributed by atoms with E-state index >= 15 is 0 Å². The molecule has 0 aromatic heterocycles. The van der Waals surface area contributed by atoms with Crippen LogP contribution >= 0.6 is 0 Å². The Balaban J connectivity index is 2.64. The Morgan fingerprint density at radius 2 is 2.05 bits per heavy atom. The van der Waals surface area contributed by atoms with Crippen molar-refractivity contribution < 1.29 is 14.6 Å². The molecule has 1 aromatic carbocycles. The van der Waals surface area contributed by atoms with Gasteiger partial charge in [-0.2, -0.15) is 0 Å². The van der Waals surface area contributed by atoms with Crippen molar-refractivity contribution in [2.45, 2.75) is 12.6 Å². The highest BCUT2D eigenvalue weighted by Crippen LogP contribution is 2.09. The van der Waals surface area contributed by atoms with Crippen LogP contribution in [0.1, 0.15) is 15.9 Å². The Morgan fingerprint density at radius 1 is 1.35 bits per heavy atom. The van der Waals surface area contributed by atoms with Gasteiger partial charge in [-0.05, 0) is 24.7 Å². The number of ether oxygens (including phenoxy) is 1. The first-order valence-electron chi connectivity index (χ1n) is 6.60. The minimum absolute atomic E-state index is 0.00563. The number of aliphatic hydroxyl groups excluding tert-OH is 1. The van der Waals surface area contributed by atoms with E-state index < -0.39 is 6.10 Å². The number of rotatable bonds is 7. The first kappa shape index (κ1) is 16.6. The lowest BCUT2D eigenvalue weighted by molar-refractivity contribution is 0.0418. The van der Waals surface area contributed by atoms with Gasteiger partial charge >= 0.3 is 0 Å². The largest absolute Gasteiger partial charge is 0.389 e. The number of likely N-dealkylation sites (N-methyl/N-ethyl adjacent to an activating group) is 1. The summed E-state index contributed by atoms with van der Waals surface area (Å²) in [7, 11) is 6.98. The standard InChI is InChI=1S/C15H24N2O3/c1-16(2)15(19)13-7-5-6-12(8-13)9-17(3)10-14(18)11-20-4/h5-8,14,18H,9-11H2,1-4H3. The van der Waals surface area contributed by atoms with Gasteiger partial charge in [0, 0.05) is 39.9 Å². The fraction of sp³-hybridized carbons (Fsp3) is 0.533. The van der Waals surface area contributed by atoms with E-state index in [1.54, 1.807) is 26.1 Å². The van der Waals surface area contributed by atoms with E-state index in [2.05, 4.69) is 0 Å². The fourth-order valence-corrected chi connectivity index (χ4v) is 2.04. The molecule has 0 aliphatic heterocycles. The number of nitrogens with zero attached hydrogens (tertiary/aromatic N) is 2. The average Bonchev–Trinajstić information content (AvgIpc) is 2.37. The first-order chi connectivity index (χ1) is 9.43. The summed E-state index contributed by atoms with van der Waals surface area (Å²) in [5.74, 6) is -0.00563. The molecule has 0 saturated carbocycles. The monoisotopic (exact) mass is 280 g/mol. The average molecular weight is 280 g/mol. The van der Waals surface area contributed by atoms with Crippen LogP contribution in [0.15, 0.2) is 24.3 Å². The predicted molar refractivity (Wildman–Crippen MR) is 78.7 cm³/mol. The van der Waals surface area contributed by atoms with Gasteiger partial charge in [0.2, 0.25) is 0 Å². The van der Waals surface area contributed by atoms with Crippen LogP contribution in [0.2, 0.25) is 0 Å². The van der Waals surface area contributed by atoms with Crippen molar-refractivity contribution in [3.63, 3.8) is 0 Å². The Bertz CT molecular complexity index is 435. The van der Waals surface area contributed by atoms with E-state index in [0.717, 1.165) is 5.56 Å². The Morgan fingerprint density at radius 3 is 2.65 bits per heavy atom. The zero-order valence-electron chi connectivity index (χ0n) is 12.7. The smallest absolute Gasteiger partial charge is 0.253 e. The second-order valence-corrected chi connectivity index (χ2v) is 5.21. The van der Waals surface area contributed by atoms with Crippen LogP contribution in [-0.4, -0.2) is 68.3 Å². The summed E-state index contributed by atoms with van der Waals surface area (Å²) < 4.78 is 4.90. The quantitative estimate of drug-likeness (QED) is 0.804. The van der Waals surface area contributed by atoms with Crippen molar-refractivity contribution in [2.75, 3.05) is 41.4 Å². The normalized spacial score (nSPS) is 12.5. The molecule has 0 bridgehead atoms. The van der Waals surface area contributed by atoms with Gasteiger partial charge < -0.3 is 14.7 Å². The molecule has 5 heteroatoms. The summed E-state index contributed by atoms with van der Waals surface area (Å²) in [6, 6.07) is 7.56. The third kappa shape index (κ3) is 5.28. The molecular formula is C15H24N2O3. The molecule has 112 valence electrons. The van der Waals surface area contributed by atoms with Crippen LogP contribution < -0.4 is 0 Å². The highest BCUT2D eigenvalue weighted by molar-refractivity contribution is 5.94. The van der Waals surface area contributed by atoms with Crippen molar-refractivity contribution in [1.29, 1.82) is 0 Å². The summed E-state index contributed by atoms with van der Waals surface area (Å²) >= 11 is 0. The summed E-state index contributed by atoms with van der Waals surface area (Å²) in [5.41, 5.74) is 1.73. The van der Waals surface area contributed by atoms with Crippen molar-refractivity contribution in [2.24, 2.45) is 0 Å². The second kappa shape index (κ2) is 7.99. The van der Waals surface area contributed by atoms with Crippen LogP contribution in [0.4, 0.5) is 0 Å². The van der Waals surface area contributed by atoms with E-state index in [4.69, 9.17) is 4.74 Å². The lowest BCUT2D eigenvalue weighted by atomic mass is 10.1. The maximum Gasteiger partial charge on any atom is 0.253 e. The summed E-state index contributed by atoms with van der Waals surface area (Å²) in [6.07, 6.45) is -0.503. The second-order valence-electron chi connectivity index (χ2n) is 5.21. The van der Waals surface area contributed by atoms with Crippen molar-refractivity contribution in [3.8, 4) is 0 Å². The molecular weight excluding hydrogens is 256 g/mol. The molecule has 1 N–H and O–H groups in total. The number of aliphatic hydroxyl groups is 1. The molecule has 0 spiro atoms. The summed E-state index contributed by atoms with van der Waals surface area (Å²) in [4.78, 5) is 15.5. The molecule has 0 radical (unpaired) electrons. The zero-order valence-corrected chi connectivity index (χ0v) is 12.7. The van der Waals surface area contributed by atoms with Crippen LogP contribution in [0, 0.1) is 0 Å². The number of amides is 1. The maximum atomic E-state index is 11.9. The van der Waals surface area contributed by atoms with Gasteiger partial charge in [0.15, 0.2) is 0 Å². The zero-order chi connectivity index (χ0) is 15.1. The lowest BCUT2D eigenvalue weighted by Gasteiger charge is -2.20. The van der Waals surface area contributed by atoms with Crippen molar-refractivity contribution in [3.05, 3.63) is 35.4 Å². The topological polar surface area (TPSA) is 53.0 Å². The number of hydrogen-bond acceptors (Lipinski definition) is 4. The number of methoxy groups -OCH3 is 1. The third-order valence-corrected chi connectivity index (χ3v) is 2.91. The van der Waals surface area contributed by atoms with Gasteiger partial charge in [-0.25, -0.2) is 0 Å². The Hall–Kier alpha value is -1.43. The molecule has 0 fully saturated rings. The van der Waals surface area contributed by atoms with Crippen LogP contribution in [0.25, 0.3) is 0 Å². The predicted octanol–water partition coefficient (Wildman–Crippen LogP) is 0.827. The molecule has 0 aliphatic carbocycles. The minimum atomic E-state index is -0.503. The maximum absolute atomic E-state index is 11.9. The molecule has 1 unspecified atom stereocenters. The number of hydrogen-bond donors (Lipinski definition) is 1. The van der Waals surface area contributed by atoms with Gasteiger partial charge in [-0.3, -0.25) is 9.69 Å². The molecule has 1 rings (SSSR count). The van der Waals surface area contributed by atoms with Crippen molar-refractivity contribution >= 4 is 5.91 Å². The van der Waals surface area contributed by atoms with Gasteiger partial charge in [-0.1, -0.05) is 12.1 Å². The molecule has 5 nitrogen and oxygen atoms in total. The first-order valence-corrected chi connectivity index (χ1v) is 6.60. The van der Waals surface area contributed by atoms with Gasteiger partial charge in [0.25, 0.3) is 5.91 Å². The highest BCUT2D eigenvalue weighted by Gasteiger charge is 2.11. The molecule has 0 heterocycles. The lowest BCUT2D eigenvalue weighted by Crippen LogP contribution is -2.31. The molecule has 0 aliphatic rings. The van der Waals surface area contributed by atoms with Gasteiger partial charge in [0.05, 0.1) is 12.7 Å².